The van der Waals surface area contributed by atoms with Gasteiger partial charge in [-0.25, -0.2) is 0 Å². The Kier molecular flexibility index (Phi) is 3.84. The molecule has 110 valence electrons. The van der Waals surface area contributed by atoms with Gasteiger partial charge in [-0.05, 0) is 62.3 Å². The van der Waals surface area contributed by atoms with Crippen LogP contribution in [0.4, 0.5) is 5.69 Å². The van der Waals surface area contributed by atoms with Gasteiger partial charge in [-0.3, -0.25) is 0 Å². The predicted molar refractivity (Wildman–Crippen MR) is 89.2 cm³/mol. The summed E-state index contributed by atoms with van der Waals surface area (Å²) >= 11 is 0. The zero-order chi connectivity index (χ0) is 14.8. The van der Waals surface area contributed by atoms with Crippen molar-refractivity contribution in [2.75, 3.05) is 26.4 Å². The maximum atomic E-state index is 6.03. The number of anilines is 1. The van der Waals surface area contributed by atoms with Gasteiger partial charge in [0.25, 0.3) is 0 Å². The van der Waals surface area contributed by atoms with Crippen molar-refractivity contribution in [1.29, 1.82) is 0 Å². The van der Waals surface area contributed by atoms with Crippen LogP contribution in [0.15, 0.2) is 42.6 Å². The van der Waals surface area contributed by atoms with Crippen LogP contribution in [-0.2, 0) is 13.0 Å². The number of nitrogens with two attached hydrogens (primary N) is 1. The van der Waals surface area contributed by atoms with E-state index >= 15 is 0 Å². The molecule has 1 aromatic heterocycles. The number of rotatable bonds is 3. The average molecular weight is 281 g/mol. The van der Waals surface area contributed by atoms with Crippen molar-refractivity contribution < 1.29 is 0 Å². The highest BCUT2D eigenvalue weighted by Gasteiger charge is 2.17. The third-order valence-corrected chi connectivity index (χ3v) is 4.08. The molecule has 0 aliphatic carbocycles. The maximum Gasteiger partial charge on any atom is 0.0483 e. The molecule has 0 radical (unpaired) electrons. The van der Waals surface area contributed by atoms with Gasteiger partial charge in [-0.1, -0.05) is 12.1 Å². The van der Waals surface area contributed by atoms with Crippen molar-refractivity contribution >= 4 is 11.3 Å². The number of hydrogen-bond donors (Lipinski definition) is 1. The van der Waals surface area contributed by atoms with Gasteiger partial charge in [0.15, 0.2) is 0 Å². The Morgan fingerprint density at radius 1 is 1.29 bits per heavy atom. The normalized spacial score (nSPS) is 15.9. The number of nitrogen functional groups attached to an aromatic ring is 1. The number of nitrogens with zero attached hydrogens (tertiary/aromatic N) is 2. The summed E-state index contributed by atoms with van der Waals surface area (Å²) in [5.41, 5.74) is 12.2. The van der Waals surface area contributed by atoms with Crippen molar-refractivity contribution in [2.24, 2.45) is 0 Å². The van der Waals surface area contributed by atoms with E-state index < -0.39 is 0 Å². The molecule has 3 heteroatoms. The van der Waals surface area contributed by atoms with Crippen LogP contribution in [0.3, 0.4) is 0 Å². The summed E-state index contributed by atoms with van der Waals surface area (Å²) < 4.78 is 2.34. The predicted octanol–water partition coefficient (Wildman–Crippen LogP) is 3.01. The van der Waals surface area contributed by atoms with Crippen LogP contribution in [-0.4, -0.2) is 30.1 Å². The van der Waals surface area contributed by atoms with Crippen LogP contribution in [0.25, 0.3) is 5.57 Å². The number of benzene rings is 1. The fourth-order valence-corrected chi connectivity index (χ4v) is 2.98. The highest BCUT2D eigenvalue weighted by atomic mass is 15.0. The Labute approximate surface area is 126 Å². The number of aromatic nitrogens is 1. The van der Waals surface area contributed by atoms with E-state index in [-0.39, 0.29) is 0 Å². The fourth-order valence-electron chi connectivity index (χ4n) is 2.98. The zero-order valence-corrected chi connectivity index (χ0v) is 12.8. The molecule has 2 heterocycles. The van der Waals surface area contributed by atoms with E-state index in [1.165, 1.54) is 22.4 Å². The molecule has 0 saturated heterocycles. The van der Waals surface area contributed by atoms with E-state index in [0.717, 1.165) is 31.6 Å². The van der Waals surface area contributed by atoms with E-state index in [2.05, 4.69) is 60.1 Å². The first-order valence-electron chi connectivity index (χ1n) is 7.54. The lowest BCUT2D eigenvalue weighted by molar-refractivity contribution is 0.417. The van der Waals surface area contributed by atoms with Crippen LogP contribution < -0.4 is 5.73 Å². The average Bonchev–Trinajstić information content (AvgIpc) is 2.85. The summed E-state index contributed by atoms with van der Waals surface area (Å²) in [5, 5.41) is 0. The summed E-state index contributed by atoms with van der Waals surface area (Å²) in [5.74, 6) is 0. The molecule has 3 nitrogen and oxygen atoms in total. The summed E-state index contributed by atoms with van der Waals surface area (Å²) in [6.07, 6.45) is 6.63. The van der Waals surface area contributed by atoms with Gasteiger partial charge in [-0.2, -0.15) is 0 Å². The molecule has 1 aliphatic heterocycles. The first-order valence-corrected chi connectivity index (χ1v) is 7.54. The van der Waals surface area contributed by atoms with E-state index in [1.807, 2.05) is 6.07 Å². The van der Waals surface area contributed by atoms with E-state index in [9.17, 15) is 0 Å². The van der Waals surface area contributed by atoms with Gasteiger partial charge in [0.1, 0.15) is 0 Å². The van der Waals surface area contributed by atoms with Gasteiger partial charge in [0.2, 0.25) is 0 Å². The fraction of sp³-hybridized carbons (Fsp3) is 0.333. The molecule has 2 aromatic rings. The van der Waals surface area contributed by atoms with Crippen LogP contribution in [0.2, 0.25) is 0 Å². The first-order chi connectivity index (χ1) is 10.1. The van der Waals surface area contributed by atoms with E-state index in [4.69, 9.17) is 5.73 Å². The Morgan fingerprint density at radius 2 is 2.14 bits per heavy atom. The Hall–Kier alpha value is -2.00. The molecule has 2 N–H and O–H groups in total. The molecular weight excluding hydrogens is 258 g/mol. The molecule has 0 saturated carbocycles. The summed E-state index contributed by atoms with van der Waals surface area (Å²) in [6.45, 7) is 2.09. The Morgan fingerprint density at radius 3 is 2.95 bits per heavy atom. The molecule has 0 unspecified atom stereocenters. The molecule has 0 fully saturated rings. The van der Waals surface area contributed by atoms with Gasteiger partial charge >= 0.3 is 0 Å². The molecule has 0 spiro atoms. The van der Waals surface area contributed by atoms with Gasteiger partial charge in [0.05, 0.1) is 0 Å². The molecule has 0 amide bonds. The third-order valence-electron chi connectivity index (χ3n) is 4.08. The summed E-state index contributed by atoms with van der Waals surface area (Å²) in [4.78, 5) is 2.22. The minimum Gasteiger partial charge on any atom is -0.399 e. The highest BCUT2D eigenvalue weighted by molar-refractivity contribution is 5.82. The lowest BCUT2D eigenvalue weighted by atomic mass is 9.95. The van der Waals surface area contributed by atoms with Crippen LogP contribution in [0.1, 0.15) is 23.2 Å². The molecular formula is C18H23N3. The quantitative estimate of drug-likeness (QED) is 0.878. The van der Waals surface area contributed by atoms with Crippen molar-refractivity contribution in [2.45, 2.75) is 19.4 Å². The van der Waals surface area contributed by atoms with Gasteiger partial charge in [0, 0.05) is 36.2 Å². The van der Waals surface area contributed by atoms with Crippen LogP contribution >= 0.6 is 0 Å². The smallest absolute Gasteiger partial charge is 0.0483 e. The van der Waals surface area contributed by atoms with Gasteiger partial charge < -0.3 is 15.2 Å². The van der Waals surface area contributed by atoms with Crippen molar-refractivity contribution in [3.63, 3.8) is 0 Å². The third kappa shape index (κ3) is 2.88. The lowest BCUT2D eigenvalue weighted by Gasteiger charge is -2.12. The Balaban J connectivity index is 2.06. The molecule has 1 aromatic carbocycles. The molecule has 0 bridgehead atoms. The molecule has 1 aliphatic rings. The summed E-state index contributed by atoms with van der Waals surface area (Å²) in [6, 6.07) is 10.7. The topological polar surface area (TPSA) is 34.2 Å². The number of aryl methyl sites for hydroxylation is 2. The van der Waals surface area contributed by atoms with Crippen molar-refractivity contribution in [3.8, 4) is 0 Å². The van der Waals surface area contributed by atoms with Crippen molar-refractivity contribution in [3.05, 3.63) is 59.4 Å². The van der Waals surface area contributed by atoms with Crippen LogP contribution in [0, 0.1) is 0 Å². The summed E-state index contributed by atoms with van der Waals surface area (Å²) in [7, 11) is 4.22. The van der Waals surface area contributed by atoms with Crippen LogP contribution in [0.5, 0.6) is 0 Å². The highest BCUT2D eigenvalue weighted by Crippen LogP contribution is 2.32. The number of hydrogen-bond acceptors (Lipinski definition) is 2. The zero-order valence-electron chi connectivity index (χ0n) is 12.8. The second-order valence-electron chi connectivity index (χ2n) is 5.96. The van der Waals surface area contributed by atoms with Crippen molar-refractivity contribution in [1.82, 2.24) is 9.47 Å². The number of fused-ring (bicyclic) bond motifs is 2. The SMILES string of the molecule is CN(C)CCC=C1c2cc(N)ccc2CCn2cccc21. The standard InChI is InChI=1S/C18H23N3/c1-20(2)10-3-5-16-17-13-15(19)8-7-14(17)9-12-21-11-4-6-18(16)21/h4-8,11,13H,3,9-10,12,19H2,1-2H3. The molecule has 3 rings (SSSR count). The minimum absolute atomic E-state index is 0.840. The maximum absolute atomic E-state index is 6.03. The second-order valence-corrected chi connectivity index (χ2v) is 5.96. The monoisotopic (exact) mass is 281 g/mol. The minimum atomic E-state index is 0.840. The van der Waals surface area contributed by atoms with E-state index in [0.29, 0.717) is 0 Å². The first kappa shape index (κ1) is 14.0. The molecule has 21 heavy (non-hydrogen) atoms. The molecule has 0 atom stereocenters. The Bertz CT molecular complexity index is 665. The van der Waals surface area contributed by atoms with E-state index in [1.54, 1.807) is 0 Å². The largest absolute Gasteiger partial charge is 0.399 e. The lowest BCUT2D eigenvalue weighted by Crippen LogP contribution is -2.12. The second kappa shape index (κ2) is 5.78. The van der Waals surface area contributed by atoms with Gasteiger partial charge in [-0.15, -0.1) is 0 Å².